The lowest BCUT2D eigenvalue weighted by Crippen LogP contribution is -2.27. The molecule has 100 valence electrons. The summed E-state index contributed by atoms with van der Waals surface area (Å²) in [5.41, 5.74) is 13.7. The highest BCUT2D eigenvalue weighted by Crippen LogP contribution is 2.26. The Morgan fingerprint density at radius 2 is 2.16 bits per heavy atom. The number of thioether (sulfide) groups is 1. The number of anilines is 3. The van der Waals surface area contributed by atoms with Gasteiger partial charge >= 0.3 is 0 Å². The van der Waals surface area contributed by atoms with E-state index in [4.69, 9.17) is 17.3 Å². The average Bonchev–Trinajstić information content (AvgIpc) is 2.47. The zero-order valence-electron chi connectivity index (χ0n) is 10.6. The highest BCUT2D eigenvalue weighted by molar-refractivity contribution is 7.98. The Balaban J connectivity index is 2.39. The van der Waals surface area contributed by atoms with Crippen molar-refractivity contribution >= 4 is 29.0 Å². The van der Waals surface area contributed by atoms with E-state index in [0.29, 0.717) is 23.2 Å². The standard InChI is InChI=1S/C12H16N6S/c1-19-12-16-7-10(14)11(17-12)18(15)9-4-2-3-8(5-9)6-13/h2-5,7H,6,13-15H2,1H3. The summed E-state index contributed by atoms with van der Waals surface area (Å²) >= 11 is 1.43. The SMILES string of the molecule is CSc1ncc(N)c(N(N)c2cccc(CN)c2)n1. The predicted molar refractivity (Wildman–Crippen MR) is 78.9 cm³/mol. The first kappa shape index (κ1) is 13.6. The summed E-state index contributed by atoms with van der Waals surface area (Å²) in [6.45, 7) is 0.455. The van der Waals surface area contributed by atoms with Gasteiger partial charge in [0.1, 0.15) is 0 Å². The summed E-state index contributed by atoms with van der Waals surface area (Å²) in [7, 11) is 0. The summed E-state index contributed by atoms with van der Waals surface area (Å²) in [5.74, 6) is 6.56. The molecule has 19 heavy (non-hydrogen) atoms. The first-order chi connectivity index (χ1) is 9.15. The van der Waals surface area contributed by atoms with E-state index in [1.807, 2.05) is 30.5 Å². The maximum atomic E-state index is 6.08. The molecule has 6 nitrogen and oxygen atoms in total. The van der Waals surface area contributed by atoms with Crippen molar-refractivity contribution in [2.24, 2.45) is 11.6 Å². The summed E-state index contributed by atoms with van der Waals surface area (Å²) in [6, 6.07) is 7.61. The maximum Gasteiger partial charge on any atom is 0.189 e. The van der Waals surface area contributed by atoms with E-state index in [1.165, 1.54) is 16.8 Å². The number of nitrogens with zero attached hydrogens (tertiary/aromatic N) is 3. The van der Waals surface area contributed by atoms with Gasteiger partial charge in [-0.15, -0.1) is 0 Å². The van der Waals surface area contributed by atoms with Crippen LogP contribution in [0.25, 0.3) is 0 Å². The molecule has 1 aromatic carbocycles. The van der Waals surface area contributed by atoms with Crippen molar-refractivity contribution in [1.29, 1.82) is 0 Å². The number of aromatic nitrogens is 2. The molecule has 0 atom stereocenters. The Morgan fingerprint density at radius 1 is 1.37 bits per heavy atom. The Morgan fingerprint density at radius 3 is 2.84 bits per heavy atom. The van der Waals surface area contributed by atoms with Crippen LogP contribution in [0.4, 0.5) is 17.2 Å². The quantitative estimate of drug-likeness (QED) is 0.334. The lowest BCUT2D eigenvalue weighted by molar-refractivity contribution is 0.926. The smallest absolute Gasteiger partial charge is 0.189 e. The van der Waals surface area contributed by atoms with Crippen LogP contribution in [-0.4, -0.2) is 16.2 Å². The van der Waals surface area contributed by atoms with E-state index in [9.17, 15) is 0 Å². The molecule has 0 saturated carbocycles. The first-order valence-electron chi connectivity index (χ1n) is 5.66. The molecular weight excluding hydrogens is 260 g/mol. The summed E-state index contributed by atoms with van der Waals surface area (Å²) < 4.78 is 0. The van der Waals surface area contributed by atoms with Gasteiger partial charge < -0.3 is 11.5 Å². The van der Waals surface area contributed by atoms with Crippen LogP contribution in [-0.2, 0) is 6.54 Å². The van der Waals surface area contributed by atoms with Gasteiger partial charge in [-0.2, -0.15) is 0 Å². The van der Waals surface area contributed by atoms with E-state index in [-0.39, 0.29) is 0 Å². The number of hydrogen-bond donors (Lipinski definition) is 3. The van der Waals surface area contributed by atoms with Gasteiger partial charge in [0.05, 0.1) is 17.6 Å². The lowest BCUT2D eigenvalue weighted by atomic mass is 10.2. The van der Waals surface area contributed by atoms with Gasteiger partial charge in [-0.1, -0.05) is 23.9 Å². The molecule has 7 heteroatoms. The second-order valence-electron chi connectivity index (χ2n) is 3.88. The number of hydrazine groups is 1. The normalized spacial score (nSPS) is 10.5. The molecule has 1 aromatic heterocycles. The molecule has 1 heterocycles. The number of hydrogen-bond acceptors (Lipinski definition) is 7. The van der Waals surface area contributed by atoms with Crippen molar-refractivity contribution in [3.8, 4) is 0 Å². The zero-order valence-corrected chi connectivity index (χ0v) is 11.4. The third-order valence-corrected chi connectivity index (χ3v) is 3.17. The van der Waals surface area contributed by atoms with Crippen LogP contribution >= 0.6 is 11.8 Å². The highest BCUT2D eigenvalue weighted by atomic mass is 32.2. The second kappa shape index (κ2) is 5.87. The summed E-state index contributed by atoms with van der Waals surface area (Å²) in [4.78, 5) is 8.41. The molecule has 0 aliphatic carbocycles. The minimum absolute atomic E-state index is 0.429. The lowest BCUT2D eigenvalue weighted by Gasteiger charge is -2.20. The summed E-state index contributed by atoms with van der Waals surface area (Å²) in [5, 5.41) is 2.06. The fourth-order valence-corrected chi connectivity index (χ4v) is 1.95. The van der Waals surface area contributed by atoms with Crippen LogP contribution in [0.15, 0.2) is 35.6 Å². The topological polar surface area (TPSA) is 107 Å². The first-order valence-corrected chi connectivity index (χ1v) is 6.88. The summed E-state index contributed by atoms with van der Waals surface area (Å²) in [6.07, 6.45) is 3.45. The van der Waals surface area contributed by atoms with Crippen LogP contribution in [0.2, 0.25) is 0 Å². The largest absolute Gasteiger partial charge is 0.394 e. The molecule has 6 N–H and O–H groups in total. The molecule has 2 rings (SSSR count). The third-order valence-electron chi connectivity index (χ3n) is 2.61. The van der Waals surface area contributed by atoms with Crippen molar-refractivity contribution in [2.45, 2.75) is 11.7 Å². The molecule has 0 aliphatic rings. The van der Waals surface area contributed by atoms with Crippen molar-refractivity contribution in [3.63, 3.8) is 0 Å². The minimum Gasteiger partial charge on any atom is -0.394 e. The number of rotatable bonds is 4. The molecule has 0 bridgehead atoms. The monoisotopic (exact) mass is 276 g/mol. The third kappa shape index (κ3) is 2.95. The molecular formula is C12H16N6S. The van der Waals surface area contributed by atoms with Crippen molar-refractivity contribution in [1.82, 2.24) is 9.97 Å². The Hall–Kier alpha value is -1.83. The van der Waals surface area contributed by atoms with Crippen LogP contribution in [0, 0.1) is 0 Å². The Labute approximate surface area is 116 Å². The number of nitrogens with two attached hydrogens (primary N) is 3. The average molecular weight is 276 g/mol. The molecule has 2 aromatic rings. The fraction of sp³-hybridized carbons (Fsp3) is 0.167. The van der Waals surface area contributed by atoms with E-state index >= 15 is 0 Å². The van der Waals surface area contributed by atoms with Crippen molar-refractivity contribution < 1.29 is 0 Å². The molecule has 0 unspecified atom stereocenters. The molecule has 0 radical (unpaired) electrons. The molecule has 0 amide bonds. The van der Waals surface area contributed by atoms with E-state index in [2.05, 4.69) is 9.97 Å². The Bertz CT molecular complexity index is 574. The van der Waals surface area contributed by atoms with Gasteiger partial charge in [0.2, 0.25) is 0 Å². The van der Waals surface area contributed by atoms with E-state index in [1.54, 1.807) is 6.20 Å². The zero-order chi connectivity index (χ0) is 13.8. The molecule has 0 spiro atoms. The predicted octanol–water partition coefficient (Wildman–Crippen LogP) is 1.25. The van der Waals surface area contributed by atoms with Crippen molar-refractivity contribution in [3.05, 3.63) is 36.0 Å². The number of nitrogen functional groups attached to an aromatic ring is 1. The molecule has 0 aliphatic heterocycles. The Kier molecular flexibility index (Phi) is 4.20. The van der Waals surface area contributed by atoms with Gasteiger partial charge in [-0.25, -0.2) is 15.8 Å². The van der Waals surface area contributed by atoms with Gasteiger partial charge in [-0.05, 0) is 24.0 Å². The van der Waals surface area contributed by atoms with E-state index in [0.717, 1.165) is 11.3 Å². The number of benzene rings is 1. The van der Waals surface area contributed by atoms with Crippen LogP contribution < -0.4 is 22.3 Å². The van der Waals surface area contributed by atoms with Crippen LogP contribution in [0.1, 0.15) is 5.56 Å². The highest BCUT2D eigenvalue weighted by Gasteiger charge is 2.12. The minimum atomic E-state index is 0.429. The molecule has 0 fully saturated rings. The van der Waals surface area contributed by atoms with Gasteiger partial charge in [0.25, 0.3) is 0 Å². The van der Waals surface area contributed by atoms with Crippen molar-refractivity contribution in [2.75, 3.05) is 17.0 Å². The van der Waals surface area contributed by atoms with Gasteiger partial charge in [0, 0.05) is 6.54 Å². The van der Waals surface area contributed by atoms with E-state index < -0.39 is 0 Å². The second-order valence-corrected chi connectivity index (χ2v) is 4.65. The van der Waals surface area contributed by atoms with Crippen LogP contribution in [0.5, 0.6) is 0 Å². The van der Waals surface area contributed by atoms with Crippen LogP contribution in [0.3, 0.4) is 0 Å². The van der Waals surface area contributed by atoms with Gasteiger partial charge in [0.15, 0.2) is 11.0 Å². The fourth-order valence-electron chi connectivity index (χ4n) is 1.61. The molecule has 0 saturated heterocycles. The maximum absolute atomic E-state index is 6.08. The van der Waals surface area contributed by atoms with Gasteiger partial charge in [-0.3, -0.25) is 5.01 Å².